The van der Waals surface area contributed by atoms with Crippen LogP contribution in [-0.2, 0) is 28.8 Å². The Hall–Kier alpha value is -2.94. The SMILES string of the molecule is CC(C)CC(=O)N[C@H](C(=O)N[C@H](C(=O)N(C(=O)C[C@H](O)[C@@H](N)CC(C)C)[C@@H](C)C(=O)C(C(=O)O)[C@H](O)[C@@H](N)CC(C)C)C(C)C)C(C)C. The Kier molecular flexibility index (Phi) is 19.3. The van der Waals surface area contributed by atoms with Gasteiger partial charge in [0.25, 0.3) is 5.91 Å². The van der Waals surface area contributed by atoms with Crippen molar-refractivity contribution in [3.05, 3.63) is 0 Å². The van der Waals surface area contributed by atoms with Crippen molar-refractivity contribution in [1.82, 2.24) is 15.5 Å². The molecule has 0 heterocycles. The summed E-state index contributed by atoms with van der Waals surface area (Å²) in [6.45, 7) is 18.8. The zero-order valence-corrected chi connectivity index (χ0v) is 30.7. The number of carbonyl (C=O) groups is 6. The maximum absolute atomic E-state index is 14.2. The molecule has 0 aliphatic carbocycles. The van der Waals surface area contributed by atoms with Gasteiger partial charge in [-0.25, -0.2) is 0 Å². The van der Waals surface area contributed by atoms with Crippen LogP contribution in [0, 0.1) is 35.5 Å². The Morgan fingerprint density at radius 2 is 1.15 bits per heavy atom. The minimum atomic E-state index is -2.08. The maximum atomic E-state index is 14.2. The summed E-state index contributed by atoms with van der Waals surface area (Å²) in [6.07, 6.45) is -3.21. The number of aliphatic hydroxyl groups is 2. The third kappa shape index (κ3) is 14.3. The van der Waals surface area contributed by atoms with Crippen LogP contribution >= 0.6 is 0 Å². The Morgan fingerprint density at radius 3 is 1.56 bits per heavy atom. The Labute approximate surface area is 286 Å². The van der Waals surface area contributed by atoms with E-state index in [1.807, 2.05) is 27.7 Å². The molecule has 0 aromatic rings. The van der Waals surface area contributed by atoms with Crippen molar-refractivity contribution in [3.63, 3.8) is 0 Å². The number of nitrogens with one attached hydrogen (secondary N) is 2. The zero-order chi connectivity index (χ0) is 37.8. The second-order valence-electron chi connectivity index (χ2n) is 15.0. The summed E-state index contributed by atoms with van der Waals surface area (Å²) in [6, 6.07) is -6.12. The average molecular weight is 686 g/mol. The van der Waals surface area contributed by atoms with Gasteiger partial charge in [0, 0.05) is 18.5 Å². The number of nitrogens with two attached hydrogens (primary N) is 2. The van der Waals surface area contributed by atoms with Crippen LogP contribution < -0.4 is 22.1 Å². The fourth-order valence-electron chi connectivity index (χ4n) is 5.46. The summed E-state index contributed by atoms with van der Waals surface area (Å²) < 4.78 is 0. The highest BCUT2D eigenvalue weighted by Crippen LogP contribution is 2.22. The minimum Gasteiger partial charge on any atom is -0.481 e. The fourth-order valence-corrected chi connectivity index (χ4v) is 5.46. The van der Waals surface area contributed by atoms with E-state index in [0.717, 1.165) is 6.92 Å². The zero-order valence-electron chi connectivity index (χ0n) is 30.7. The molecule has 0 aliphatic rings. The first-order chi connectivity index (χ1) is 21.9. The molecule has 4 amide bonds. The van der Waals surface area contributed by atoms with Gasteiger partial charge in [-0.3, -0.25) is 33.7 Å². The van der Waals surface area contributed by atoms with Crippen LogP contribution in [0.2, 0.25) is 0 Å². The first-order valence-corrected chi connectivity index (χ1v) is 17.0. The number of rotatable bonds is 21. The van der Waals surface area contributed by atoms with E-state index in [4.69, 9.17) is 11.5 Å². The Bertz CT molecular complexity index is 1090. The number of carbonyl (C=O) groups excluding carboxylic acids is 5. The van der Waals surface area contributed by atoms with Crippen LogP contribution in [0.5, 0.6) is 0 Å². The van der Waals surface area contributed by atoms with Gasteiger partial charge in [-0.1, -0.05) is 69.2 Å². The molecule has 0 rings (SSSR count). The fraction of sp³-hybridized carbons (Fsp3) is 0.824. The Morgan fingerprint density at radius 1 is 0.667 bits per heavy atom. The standard InChI is InChI=1S/C34H63N5O9/c1-16(2)12-22(35)24(40)15-26(42)39(21(11)30(43)27(34(47)48)31(44)23(36)13-17(3)4)33(46)29(20(9)10)38-32(45)28(19(7)8)37-25(41)14-18(5)6/h16-24,27-29,31,40,44H,12-15,35-36H2,1-11H3,(H,37,41)(H,38,45)(H,47,48)/t21-,22-,23-,24-,27?,28-,29-,31+/m0/s1. The van der Waals surface area contributed by atoms with Gasteiger partial charge in [0.2, 0.25) is 17.7 Å². The van der Waals surface area contributed by atoms with E-state index in [2.05, 4.69) is 10.6 Å². The molecule has 14 nitrogen and oxygen atoms in total. The van der Waals surface area contributed by atoms with Gasteiger partial charge in [-0.05, 0) is 49.4 Å². The molecule has 0 aliphatic heterocycles. The number of nitrogens with zero attached hydrogens (tertiary/aromatic N) is 1. The number of aliphatic hydroxyl groups excluding tert-OH is 2. The lowest BCUT2D eigenvalue weighted by Crippen LogP contribution is -2.61. The van der Waals surface area contributed by atoms with Crippen molar-refractivity contribution in [2.24, 2.45) is 47.0 Å². The van der Waals surface area contributed by atoms with Gasteiger partial charge in [0.15, 0.2) is 5.78 Å². The van der Waals surface area contributed by atoms with Crippen LogP contribution in [-0.4, -0.2) is 98.0 Å². The van der Waals surface area contributed by atoms with Crippen molar-refractivity contribution < 1.29 is 44.1 Å². The number of carboxylic acid groups (broad SMARTS) is 1. The van der Waals surface area contributed by atoms with Gasteiger partial charge in [-0.2, -0.15) is 0 Å². The summed E-state index contributed by atoms with van der Waals surface area (Å²) in [5, 5.41) is 36.9. The van der Waals surface area contributed by atoms with Gasteiger partial charge in [-0.15, -0.1) is 0 Å². The molecular weight excluding hydrogens is 622 g/mol. The van der Waals surface area contributed by atoms with Crippen molar-refractivity contribution in [1.29, 1.82) is 0 Å². The molecule has 0 aromatic carbocycles. The molecule has 14 heteroatoms. The van der Waals surface area contributed by atoms with Crippen molar-refractivity contribution in [2.75, 3.05) is 0 Å². The molecule has 0 fully saturated rings. The second kappa shape index (κ2) is 20.5. The number of Topliss-reactive ketones (excluding diaryl/α,β-unsaturated/α-hetero) is 1. The summed E-state index contributed by atoms with van der Waals surface area (Å²) in [5.41, 5.74) is 12.1. The second-order valence-corrected chi connectivity index (χ2v) is 15.0. The molecule has 8 atom stereocenters. The topological polar surface area (TPSA) is 242 Å². The first-order valence-electron chi connectivity index (χ1n) is 17.0. The molecular formula is C34H63N5O9. The highest BCUT2D eigenvalue weighted by atomic mass is 16.4. The number of carboxylic acids is 1. The molecule has 0 radical (unpaired) electrons. The third-order valence-corrected chi connectivity index (χ3v) is 8.11. The lowest BCUT2D eigenvalue weighted by Gasteiger charge is -2.35. The monoisotopic (exact) mass is 685 g/mol. The number of hydrogen-bond acceptors (Lipinski definition) is 10. The molecule has 278 valence electrons. The van der Waals surface area contributed by atoms with Gasteiger partial charge in [0.05, 0.1) is 24.7 Å². The van der Waals surface area contributed by atoms with Crippen molar-refractivity contribution in [3.8, 4) is 0 Å². The lowest BCUT2D eigenvalue weighted by molar-refractivity contribution is -0.161. The summed E-state index contributed by atoms with van der Waals surface area (Å²) in [5.74, 6) is -9.01. The van der Waals surface area contributed by atoms with E-state index in [1.165, 1.54) is 0 Å². The van der Waals surface area contributed by atoms with Crippen LogP contribution in [0.4, 0.5) is 0 Å². The number of hydrogen-bond donors (Lipinski definition) is 7. The van der Waals surface area contributed by atoms with E-state index >= 15 is 0 Å². The molecule has 0 saturated carbocycles. The third-order valence-electron chi connectivity index (χ3n) is 8.11. The first kappa shape index (κ1) is 45.1. The van der Waals surface area contributed by atoms with Gasteiger partial charge >= 0.3 is 5.97 Å². The predicted octanol–water partition coefficient (Wildman–Crippen LogP) is 1.19. The highest BCUT2D eigenvalue weighted by molar-refractivity contribution is 6.08. The van der Waals surface area contributed by atoms with E-state index in [0.29, 0.717) is 11.3 Å². The van der Waals surface area contributed by atoms with Gasteiger partial charge in [0.1, 0.15) is 18.0 Å². The van der Waals surface area contributed by atoms with Crippen molar-refractivity contribution in [2.45, 2.75) is 144 Å². The van der Waals surface area contributed by atoms with E-state index < -0.39 is 90.1 Å². The van der Waals surface area contributed by atoms with Crippen molar-refractivity contribution >= 4 is 35.4 Å². The van der Waals surface area contributed by atoms with Crippen LogP contribution in [0.15, 0.2) is 0 Å². The number of imide groups is 1. The number of aliphatic carboxylic acids is 1. The largest absolute Gasteiger partial charge is 0.481 e. The molecule has 48 heavy (non-hydrogen) atoms. The van der Waals surface area contributed by atoms with E-state index in [9.17, 15) is 44.1 Å². The van der Waals surface area contributed by atoms with Crippen LogP contribution in [0.25, 0.3) is 0 Å². The normalized spacial score (nSPS) is 17.0. The number of ketones is 1. The number of amides is 4. The summed E-state index contributed by atoms with van der Waals surface area (Å²) in [4.78, 5) is 80.7. The van der Waals surface area contributed by atoms with E-state index in [-0.39, 0.29) is 42.4 Å². The lowest BCUT2D eigenvalue weighted by atomic mass is 9.85. The van der Waals surface area contributed by atoms with Crippen LogP contribution in [0.3, 0.4) is 0 Å². The average Bonchev–Trinajstić information content (AvgIpc) is 2.92. The molecule has 0 bridgehead atoms. The minimum absolute atomic E-state index is 0.0292. The Balaban J connectivity index is 6.79. The molecule has 0 aromatic heterocycles. The summed E-state index contributed by atoms with van der Waals surface area (Å²) in [7, 11) is 0. The van der Waals surface area contributed by atoms with E-state index in [1.54, 1.807) is 41.5 Å². The highest BCUT2D eigenvalue weighted by Gasteiger charge is 2.45. The van der Waals surface area contributed by atoms with Gasteiger partial charge < -0.3 is 37.4 Å². The molecule has 1 unspecified atom stereocenters. The quantitative estimate of drug-likeness (QED) is 0.0846. The van der Waals surface area contributed by atoms with Crippen LogP contribution in [0.1, 0.15) is 102 Å². The molecule has 0 spiro atoms. The summed E-state index contributed by atoms with van der Waals surface area (Å²) >= 11 is 0. The maximum Gasteiger partial charge on any atom is 0.316 e. The molecule has 9 N–H and O–H groups in total. The smallest absolute Gasteiger partial charge is 0.316 e. The predicted molar refractivity (Wildman–Crippen MR) is 182 cm³/mol. The molecule has 0 saturated heterocycles.